The van der Waals surface area contributed by atoms with Crippen LogP contribution in [-0.4, -0.2) is 19.2 Å². The molecule has 1 aromatic carbocycles. The second-order valence-corrected chi connectivity index (χ2v) is 6.41. The first-order valence-corrected chi connectivity index (χ1v) is 8.06. The zero-order valence-corrected chi connectivity index (χ0v) is 14.1. The van der Waals surface area contributed by atoms with Crippen LogP contribution in [0.3, 0.4) is 0 Å². The molecule has 2 aliphatic rings. The summed E-state index contributed by atoms with van der Waals surface area (Å²) < 4.78 is 10.6. The number of fused-ring (bicyclic) bond motifs is 1. The fourth-order valence-corrected chi connectivity index (χ4v) is 3.41. The first-order valence-electron chi connectivity index (χ1n) is 8.06. The van der Waals surface area contributed by atoms with Crippen LogP contribution in [0.15, 0.2) is 18.2 Å². The average molecular weight is 341 g/mol. The van der Waals surface area contributed by atoms with E-state index < -0.39 is 0 Å². The molecule has 128 valence electrons. The van der Waals surface area contributed by atoms with Gasteiger partial charge in [0.15, 0.2) is 11.5 Å². The van der Waals surface area contributed by atoms with Crippen LogP contribution in [0.5, 0.6) is 11.5 Å². The van der Waals surface area contributed by atoms with E-state index in [1.165, 1.54) is 19.3 Å². The molecule has 0 bridgehead atoms. The Morgan fingerprint density at radius 3 is 2.65 bits per heavy atom. The molecule has 0 saturated heterocycles. The van der Waals surface area contributed by atoms with E-state index in [2.05, 4.69) is 5.32 Å². The van der Waals surface area contributed by atoms with E-state index in [1.807, 2.05) is 18.2 Å². The van der Waals surface area contributed by atoms with Crippen molar-refractivity contribution in [2.45, 2.75) is 45.1 Å². The number of nitrogens with one attached hydrogen (secondary N) is 1. The monoisotopic (exact) mass is 340 g/mol. The first kappa shape index (κ1) is 17.9. The third-order valence-corrected chi connectivity index (χ3v) is 4.81. The van der Waals surface area contributed by atoms with Crippen molar-refractivity contribution in [3.63, 3.8) is 0 Å². The Morgan fingerprint density at radius 1 is 1.17 bits per heavy atom. The molecule has 0 radical (unpaired) electrons. The standard InChI is InChI=1S/C17H24N2O3.ClH/c18-11-17(6-2-1-3-7-17)9-16(20)19-10-13-4-5-14-15(8-13)22-12-21-14;/h4-5,8H,1-3,6-7,9-12,18H2,(H,19,20);1H. The van der Waals surface area contributed by atoms with Crippen LogP contribution in [0, 0.1) is 5.41 Å². The van der Waals surface area contributed by atoms with Gasteiger partial charge in [0.25, 0.3) is 0 Å². The predicted octanol–water partition coefficient (Wildman–Crippen LogP) is 2.75. The Hall–Kier alpha value is -1.46. The van der Waals surface area contributed by atoms with Gasteiger partial charge in [-0.3, -0.25) is 4.79 Å². The van der Waals surface area contributed by atoms with Crippen LogP contribution in [0.2, 0.25) is 0 Å². The van der Waals surface area contributed by atoms with Gasteiger partial charge >= 0.3 is 0 Å². The number of nitrogens with two attached hydrogens (primary N) is 1. The maximum absolute atomic E-state index is 12.3. The highest BCUT2D eigenvalue weighted by Gasteiger charge is 2.32. The highest BCUT2D eigenvalue weighted by molar-refractivity contribution is 5.85. The van der Waals surface area contributed by atoms with Crippen LogP contribution in [0.1, 0.15) is 44.1 Å². The highest BCUT2D eigenvalue weighted by atomic mass is 35.5. The smallest absolute Gasteiger partial charge is 0.231 e. The van der Waals surface area contributed by atoms with E-state index in [-0.39, 0.29) is 30.5 Å². The topological polar surface area (TPSA) is 73.6 Å². The second kappa shape index (κ2) is 7.88. The van der Waals surface area contributed by atoms with Gasteiger partial charge in [-0.2, -0.15) is 0 Å². The van der Waals surface area contributed by atoms with E-state index in [4.69, 9.17) is 15.2 Å². The number of benzene rings is 1. The summed E-state index contributed by atoms with van der Waals surface area (Å²) >= 11 is 0. The first-order chi connectivity index (χ1) is 10.7. The molecule has 1 heterocycles. The molecular formula is C17H25ClN2O3. The van der Waals surface area contributed by atoms with Gasteiger partial charge in [0.1, 0.15) is 0 Å². The molecule has 23 heavy (non-hydrogen) atoms. The van der Waals surface area contributed by atoms with Crippen molar-refractivity contribution >= 4 is 18.3 Å². The Morgan fingerprint density at radius 2 is 1.91 bits per heavy atom. The molecule has 1 amide bonds. The van der Waals surface area contributed by atoms with Crippen molar-refractivity contribution < 1.29 is 14.3 Å². The molecule has 0 atom stereocenters. The number of hydrogen-bond acceptors (Lipinski definition) is 4. The van der Waals surface area contributed by atoms with Gasteiger partial charge in [-0.1, -0.05) is 25.3 Å². The Kier molecular flexibility index (Phi) is 6.13. The molecule has 0 unspecified atom stereocenters. The van der Waals surface area contributed by atoms with Gasteiger partial charge in [-0.25, -0.2) is 0 Å². The fraction of sp³-hybridized carbons (Fsp3) is 0.588. The molecular weight excluding hydrogens is 316 g/mol. The maximum Gasteiger partial charge on any atom is 0.231 e. The van der Waals surface area contributed by atoms with Gasteiger partial charge in [0.2, 0.25) is 12.7 Å². The minimum Gasteiger partial charge on any atom is -0.454 e. The zero-order chi connectivity index (χ0) is 15.4. The minimum atomic E-state index is 0. The second-order valence-electron chi connectivity index (χ2n) is 6.41. The zero-order valence-electron chi connectivity index (χ0n) is 13.3. The fourth-order valence-electron chi connectivity index (χ4n) is 3.41. The van der Waals surface area contributed by atoms with Gasteiger partial charge < -0.3 is 20.5 Å². The predicted molar refractivity (Wildman–Crippen MR) is 90.8 cm³/mol. The molecule has 0 aromatic heterocycles. The minimum absolute atomic E-state index is 0. The third kappa shape index (κ3) is 4.30. The summed E-state index contributed by atoms with van der Waals surface area (Å²) in [6, 6.07) is 5.75. The SMILES string of the molecule is Cl.NCC1(CC(=O)NCc2ccc3c(c2)OCO3)CCCCC1. The lowest BCUT2D eigenvalue weighted by Crippen LogP contribution is -2.38. The van der Waals surface area contributed by atoms with E-state index in [9.17, 15) is 4.79 Å². The summed E-state index contributed by atoms with van der Waals surface area (Å²) in [5.74, 6) is 1.60. The van der Waals surface area contributed by atoms with Crippen LogP contribution < -0.4 is 20.5 Å². The lowest BCUT2D eigenvalue weighted by atomic mass is 9.71. The van der Waals surface area contributed by atoms with Crippen LogP contribution in [0.25, 0.3) is 0 Å². The molecule has 1 fully saturated rings. The lowest BCUT2D eigenvalue weighted by Gasteiger charge is -2.35. The maximum atomic E-state index is 12.3. The van der Waals surface area contributed by atoms with Crippen LogP contribution >= 0.6 is 12.4 Å². The number of halogens is 1. The number of carbonyl (C=O) groups excluding carboxylic acids is 1. The molecule has 3 N–H and O–H groups in total. The molecule has 1 saturated carbocycles. The number of hydrogen-bond donors (Lipinski definition) is 2. The molecule has 0 spiro atoms. The quantitative estimate of drug-likeness (QED) is 0.864. The number of rotatable bonds is 5. The number of ether oxygens (including phenoxy) is 2. The van der Waals surface area contributed by atoms with Crippen molar-refractivity contribution in [3.05, 3.63) is 23.8 Å². The molecule has 1 aliphatic carbocycles. The van der Waals surface area contributed by atoms with Crippen LogP contribution in [-0.2, 0) is 11.3 Å². The van der Waals surface area contributed by atoms with Crippen molar-refractivity contribution in [1.29, 1.82) is 0 Å². The van der Waals surface area contributed by atoms with Crippen molar-refractivity contribution in [1.82, 2.24) is 5.32 Å². The lowest BCUT2D eigenvalue weighted by molar-refractivity contribution is -0.124. The normalized spacial score (nSPS) is 18.1. The molecule has 3 rings (SSSR count). The van der Waals surface area contributed by atoms with Crippen molar-refractivity contribution in [3.8, 4) is 11.5 Å². The summed E-state index contributed by atoms with van der Waals surface area (Å²) in [5.41, 5.74) is 6.97. The van der Waals surface area contributed by atoms with Crippen LogP contribution in [0.4, 0.5) is 0 Å². The molecule has 1 aromatic rings. The Balaban J connectivity index is 0.00000192. The summed E-state index contributed by atoms with van der Waals surface area (Å²) in [7, 11) is 0. The molecule has 1 aliphatic heterocycles. The third-order valence-electron chi connectivity index (χ3n) is 4.81. The summed E-state index contributed by atoms with van der Waals surface area (Å²) in [6.45, 7) is 1.38. The number of amides is 1. The molecule has 5 nitrogen and oxygen atoms in total. The Labute approximate surface area is 143 Å². The molecule has 6 heteroatoms. The Bertz CT molecular complexity index is 545. The largest absolute Gasteiger partial charge is 0.454 e. The highest BCUT2D eigenvalue weighted by Crippen LogP contribution is 2.38. The van der Waals surface area contributed by atoms with Gasteiger partial charge in [-0.05, 0) is 42.5 Å². The van der Waals surface area contributed by atoms with Gasteiger partial charge in [-0.15, -0.1) is 12.4 Å². The summed E-state index contributed by atoms with van der Waals surface area (Å²) in [4.78, 5) is 12.3. The summed E-state index contributed by atoms with van der Waals surface area (Å²) in [5, 5.41) is 3.01. The van der Waals surface area contributed by atoms with E-state index in [0.29, 0.717) is 19.5 Å². The summed E-state index contributed by atoms with van der Waals surface area (Å²) in [6.07, 6.45) is 6.32. The van der Waals surface area contributed by atoms with Crippen molar-refractivity contribution in [2.75, 3.05) is 13.3 Å². The van der Waals surface area contributed by atoms with E-state index >= 15 is 0 Å². The van der Waals surface area contributed by atoms with Gasteiger partial charge in [0.05, 0.1) is 0 Å². The van der Waals surface area contributed by atoms with E-state index in [1.54, 1.807) is 0 Å². The van der Waals surface area contributed by atoms with Gasteiger partial charge in [0, 0.05) is 13.0 Å². The number of carbonyl (C=O) groups is 1. The average Bonchev–Trinajstić information content (AvgIpc) is 3.01. The van der Waals surface area contributed by atoms with E-state index in [0.717, 1.165) is 29.9 Å². The van der Waals surface area contributed by atoms with Crippen molar-refractivity contribution in [2.24, 2.45) is 11.1 Å².